The predicted molar refractivity (Wildman–Crippen MR) is 122 cm³/mol. The summed E-state index contributed by atoms with van der Waals surface area (Å²) in [7, 11) is 3.45. The van der Waals surface area contributed by atoms with Crippen LogP contribution in [-0.4, -0.2) is 38.5 Å². The molecule has 0 bridgehead atoms. The molecule has 8 nitrogen and oxygen atoms in total. The lowest BCUT2D eigenvalue weighted by atomic mass is 10.3. The summed E-state index contributed by atoms with van der Waals surface area (Å²) in [4.78, 5) is 16.8. The number of aromatic nitrogens is 4. The van der Waals surface area contributed by atoms with Gasteiger partial charge >= 0.3 is 0 Å². The molecule has 1 atom stereocenters. The third-order valence-corrected chi connectivity index (χ3v) is 6.45. The van der Waals surface area contributed by atoms with Crippen molar-refractivity contribution < 1.29 is 14.3 Å². The van der Waals surface area contributed by atoms with E-state index in [2.05, 4.69) is 20.5 Å². The first-order valence-electron chi connectivity index (χ1n) is 9.52. The van der Waals surface area contributed by atoms with Gasteiger partial charge in [-0.1, -0.05) is 47.4 Å². The molecule has 4 aromatic rings. The Morgan fingerprint density at radius 3 is 2.68 bits per heavy atom. The summed E-state index contributed by atoms with van der Waals surface area (Å²) < 4.78 is 14.2. The second kappa shape index (κ2) is 9.36. The molecule has 0 saturated carbocycles. The fourth-order valence-corrected chi connectivity index (χ4v) is 4.58. The first-order valence-corrected chi connectivity index (χ1v) is 11.3. The van der Waals surface area contributed by atoms with E-state index in [0.29, 0.717) is 27.6 Å². The molecule has 2 heterocycles. The van der Waals surface area contributed by atoms with Crippen molar-refractivity contribution in [3.05, 3.63) is 54.4 Å². The highest BCUT2D eigenvalue weighted by atomic mass is 32.2. The van der Waals surface area contributed by atoms with Gasteiger partial charge in [0.15, 0.2) is 33.7 Å². The summed E-state index contributed by atoms with van der Waals surface area (Å²) in [5, 5.41) is 12.5. The van der Waals surface area contributed by atoms with Crippen molar-refractivity contribution in [1.82, 2.24) is 19.7 Å². The molecule has 4 rings (SSSR count). The van der Waals surface area contributed by atoms with Gasteiger partial charge in [0.05, 0.1) is 23.1 Å². The van der Waals surface area contributed by atoms with Gasteiger partial charge in [0.2, 0.25) is 5.91 Å². The minimum atomic E-state index is -0.347. The largest absolute Gasteiger partial charge is 0.493 e. The third kappa shape index (κ3) is 4.80. The topological polar surface area (TPSA) is 91.2 Å². The van der Waals surface area contributed by atoms with E-state index < -0.39 is 0 Å². The van der Waals surface area contributed by atoms with Crippen molar-refractivity contribution in [2.45, 2.75) is 18.2 Å². The number of thiazole rings is 1. The van der Waals surface area contributed by atoms with Crippen LogP contribution in [0.3, 0.4) is 0 Å². The SMILES string of the molecule is COc1ccccc1OC(C)c1nnc(SCC(=O)Nc2nc3ccccc3s2)n1C. The molecule has 1 N–H and O–H groups in total. The summed E-state index contributed by atoms with van der Waals surface area (Å²) >= 11 is 2.76. The highest BCUT2D eigenvalue weighted by Crippen LogP contribution is 2.31. The zero-order valence-electron chi connectivity index (χ0n) is 17.2. The number of amides is 1. The Kier molecular flexibility index (Phi) is 6.38. The van der Waals surface area contributed by atoms with E-state index in [9.17, 15) is 4.79 Å². The fourth-order valence-electron chi connectivity index (χ4n) is 2.98. The van der Waals surface area contributed by atoms with Crippen LogP contribution in [0.2, 0.25) is 0 Å². The maximum Gasteiger partial charge on any atom is 0.236 e. The van der Waals surface area contributed by atoms with Gasteiger partial charge < -0.3 is 19.4 Å². The number of fused-ring (bicyclic) bond motifs is 1. The molecule has 2 aromatic carbocycles. The van der Waals surface area contributed by atoms with Gasteiger partial charge in [0.1, 0.15) is 0 Å². The number of benzene rings is 2. The number of thioether (sulfide) groups is 1. The molecular formula is C21H21N5O3S2. The molecular weight excluding hydrogens is 434 g/mol. The lowest BCUT2D eigenvalue weighted by molar-refractivity contribution is -0.113. The summed E-state index contributed by atoms with van der Waals surface area (Å²) in [5.41, 5.74) is 0.873. The van der Waals surface area contributed by atoms with Crippen molar-refractivity contribution in [1.29, 1.82) is 0 Å². The zero-order chi connectivity index (χ0) is 21.8. The third-order valence-electron chi connectivity index (χ3n) is 4.48. The van der Waals surface area contributed by atoms with Gasteiger partial charge in [0.25, 0.3) is 0 Å². The van der Waals surface area contributed by atoms with Crippen molar-refractivity contribution in [2.24, 2.45) is 7.05 Å². The van der Waals surface area contributed by atoms with E-state index >= 15 is 0 Å². The number of carbonyl (C=O) groups excluding carboxylic acids is 1. The zero-order valence-corrected chi connectivity index (χ0v) is 18.9. The van der Waals surface area contributed by atoms with Crippen LogP contribution in [0.25, 0.3) is 10.2 Å². The van der Waals surface area contributed by atoms with Gasteiger partial charge in [-0.2, -0.15) is 0 Å². The van der Waals surface area contributed by atoms with Crippen LogP contribution in [-0.2, 0) is 11.8 Å². The number of anilines is 1. The molecule has 0 radical (unpaired) electrons. The molecule has 1 amide bonds. The lowest BCUT2D eigenvalue weighted by Crippen LogP contribution is -2.14. The Balaban J connectivity index is 1.37. The molecule has 0 aliphatic rings. The monoisotopic (exact) mass is 455 g/mol. The predicted octanol–water partition coefficient (Wildman–Crippen LogP) is 4.30. The lowest BCUT2D eigenvalue weighted by Gasteiger charge is -2.16. The molecule has 160 valence electrons. The maximum atomic E-state index is 12.4. The first-order chi connectivity index (χ1) is 15.0. The Bertz CT molecular complexity index is 1170. The van der Waals surface area contributed by atoms with Gasteiger partial charge in [0, 0.05) is 7.05 Å². The van der Waals surface area contributed by atoms with Crippen LogP contribution in [0.1, 0.15) is 18.9 Å². The van der Waals surface area contributed by atoms with Crippen LogP contribution in [0, 0.1) is 0 Å². The average molecular weight is 456 g/mol. The van der Waals surface area contributed by atoms with Crippen LogP contribution in [0.4, 0.5) is 5.13 Å². The Hall–Kier alpha value is -3.11. The number of hydrogen-bond acceptors (Lipinski definition) is 8. The molecule has 2 aromatic heterocycles. The average Bonchev–Trinajstić information content (AvgIpc) is 3.35. The Labute approximate surface area is 187 Å². The number of hydrogen-bond donors (Lipinski definition) is 1. The molecule has 0 fully saturated rings. The van der Waals surface area contributed by atoms with Gasteiger partial charge in [-0.05, 0) is 31.2 Å². The van der Waals surface area contributed by atoms with E-state index in [1.54, 1.807) is 7.11 Å². The molecule has 0 aliphatic heterocycles. The van der Waals surface area contributed by atoms with Crippen LogP contribution >= 0.6 is 23.1 Å². The Morgan fingerprint density at radius 2 is 1.90 bits per heavy atom. The van der Waals surface area contributed by atoms with E-state index in [-0.39, 0.29) is 17.8 Å². The number of rotatable bonds is 8. The first kappa shape index (κ1) is 21.1. The molecule has 1 unspecified atom stereocenters. The minimum Gasteiger partial charge on any atom is -0.493 e. The normalized spacial score (nSPS) is 12.0. The van der Waals surface area contributed by atoms with E-state index in [1.807, 2.05) is 67.1 Å². The number of para-hydroxylation sites is 3. The summed E-state index contributed by atoms with van der Waals surface area (Å²) in [6, 6.07) is 15.2. The van der Waals surface area contributed by atoms with E-state index in [1.165, 1.54) is 23.1 Å². The van der Waals surface area contributed by atoms with Gasteiger partial charge in [-0.15, -0.1) is 10.2 Å². The maximum absolute atomic E-state index is 12.4. The minimum absolute atomic E-state index is 0.146. The van der Waals surface area contributed by atoms with Crippen LogP contribution in [0.5, 0.6) is 11.5 Å². The number of ether oxygens (including phenoxy) is 2. The Morgan fingerprint density at radius 1 is 1.16 bits per heavy atom. The number of nitrogens with one attached hydrogen (secondary N) is 1. The number of nitrogens with zero attached hydrogens (tertiary/aromatic N) is 4. The summed E-state index contributed by atoms with van der Waals surface area (Å²) in [6.45, 7) is 1.89. The molecule has 31 heavy (non-hydrogen) atoms. The molecule has 0 saturated heterocycles. The number of methoxy groups -OCH3 is 1. The standard InChI is InChI=1S/C21H21N5O3S2/c1-13(29-16-10-6-5-9-15(16)28-3)19-24-25-21(26(19)2)30-12-18(27)23-20-22-14-8-4-7-11-17(14)31-20/h4-11,13H,12H2,1-3H3,(H,22,23,27). The summed E-state index contributed by atoms with van der Waals surface area (Å²) in [5.74, 6) is 1.98. The highest BCUT2D eigenvalue weighted by Gasteiger charge is 2.19. The van der Waals surface area contributed by atoms with Crippen molar-refractivity contribution in [3.8, 4) is 11.5 Å². The van der Waals surface area contributed by atoms with Crippen molar-refractivity contribution in [2.75, 3.05) is 18.2 Å². The van der Waals surface area contributed by atoms with Crippen LogP contribution in [0.15, 0.2) is 53.7 Å². The smallest absolute Gasteiger partial charge is 0.236 e. The van der Waals surface area contributed by atoms with Crippen molar-refractivity contribution in [3.63, 3.8) is 0 Å². The fraction of sp³-hybridized carbons (Fsp3) is 0.238. The molecule has 10 heteroatoms. The second-order valence-corrected chi connectivity index (χ2v) is 8.61. The molecule has 0 aliphatic carbocycles. The summed E-state index contributed by atoms with van der Waals surface area (Å²) in [6.07, 6.45) is -0.347. The van der Waals surface area contributed by atoms with Gasteiger partial charge in [-0.25, -0.2) is 4.98 Å². The van der Waals surface area contributed by atoms with E-state index in [4.69, 9.17) is 9.47 Å². The quantitative estimate of drug-likeness (QED) is 0.396. The highest BCUT2D eigenvalue weighted by molar-refractivity contribution is 7.99. The van der Waals surface area contributed by atoms with Crippen LogP contribution < -0.4 is 14.8 Å². The second-order valence-electron chi connectivity index (χ2n) is 6.63. The van der Waals surface area contributed by atoms with Gasteiger partial charge in [-0.3, -0.25) is 4.79 Å². The van der Waals surface area contributed by atoms with Crippen molar-refractivity contribution >= 4 is 44.4 Å². The number of carbonyl (C=O) groups is 1. The van der Waals surface area contributed by atoms with E-state index in [0.717, 1.165) is 10.2 Å². The molecule has 0 spiro atoms.